The number of phenols is 1. The number of aromatic nitrogens is 2. The van der Waals surface area contributed by atoms with E-state index in [9.17, 15) is 5.11 Å². The van der Waals surface area contributed by atoms with Gasteiger partial charge in [0.05, 0.1) is 8.80 Å². The number of nitrogens with zero attached hydrogens (tertiary/aromatic N) is 2. The molecule has 0 fully saturated rings. The van der Waals surface area contributed by atoms with Crippen molar-refractivity contribution in [3.05, 3.63) is 28.1 Å². The molecule has 1 heterocycles. The van der Waals surface area contributed by atoms with Crippen LogP contribution in [-0.2, 0) is 6.04 Å². The number of fused-ring (bicyclic) bond motifs is 1. The van der Waals surface area contributed by atoms with Crippen LogP contribution in [0.1, 0.15) is 26.3 Å². The van der Waals surface area contributed by atoms with Gasteiger partial charge in [-0.25, -0.2) is 9.97 Å². The van der Waals surface area contributed by atoms with Crippen molar-refractivity contribution < 1.29 is 5.11 Å². The van der Waals surface area contributed by atoms with E-state index in [0.717, 1.165) is 11.6 Å². The van der Waals surface area contributed by atoms with Gasteiger partial charge in [0.1, 0.15) is 16.4 Å². The quantitative estimate of drug-likeness (QED) is 0.496. The third-order valence-electron chi connectivity index (χ3n) is 3.59. The van der Waals surface area contributed by atoms with Crippen LogP contribution in [0.5, 0.6) is 5.75 Å². The van der Waals surface area contributed by atoms with Gasteiger partial charge in [-0.05, 0) is 34.3 Å². The fourth-order valence-corrected chi connectivity index (χ4v) is 3.68. The first kappa shape index (κ1) is 15.5. The highest BCUT2D eigenvalue weighted by Crippen LogP contribution is 2.35. The van der Waals surface area contributed by atoms with E-state index in [1.165, 1.54) is 0 Å². The summed E-state index contributed by atoms with van der Waals surface area (Å²) in [7, 11) is -0.637. The lowest BCUT2D eigenvalue weighted by atomic mass is 10.1. The zero-order valence-electron chi connectivity index (χ0n) is 12.0. The Balaban J connectivity index is 2.49. The first-order chi connectivity index (χ1) is 9.20. The number of benzene rings is 1. The molecule has 0 aliphatic carbocycles. The van der Waals surface area contributed by atoms with Crippen molar-refractivity contribution in [1.29, 1.82) is 0 Å². The molecule has 2 aromatic rings. The second-order valence-corrected chi connectivity index (χ2v) is 10.1. The van der Waals surface area contributed by atoms with Gasteiger partial charge >= 0.3 is 0 Å². The SMILES string of the molecule is C[Si](Cc1ccc2c(Cl)nc(Cl)nc2c1O)C(C)(C)C. The summed E-state index contributed by atoms with van der Waals surface area (Å²) >= 11 is 11.8. The van der Waals surface area contributed by atoms with Gasteiger partial charge in [-0.2, -0.15) is 0 Å². The van der Waals surface area contributed by atoms with Crippen LogP contribution in [0, 0.1) is 0 Å². The molecule has 0 saturated heterocycles. The molecule has 0 aliphatic heterocycles. The maximum absolute atomic E-state index is 10.4. The molecule has 107 valence electrons. The van der Waals surface area contributed by atoms with Gasteiger partial charge in [-0.1, -0.05) is 45.0 Å². The molecule has 3 nitrogen and oxygen atoms in total. The van der Waals surface area contributed by atoms with E-state index in [4.69, 9.17) is 23.2 Å². The number of phenolic OH excluding ortho intramolecular Hbond substituents is 1. The summed E-state index contributed by atoms with van der Waals surface area (Å²) in [4.78, 5) is 7.99. The smallest absolute Gasteiger partial charge is 0.224 e. The molecule has 0 atom stereocenters. The van der Waals surface area contributed by atoms with Crippen molar-refractivity contribution in [3.8, 4) is 5.75 Å². The number of rotatable bonds is 2. The number of aromatic hydroxyl groups is 1. The topological polar surface area (TPSA) is 46.0 Å². The molecular formula is C14H17Cl2N2OSi. The second kappa shape index (κ2) is 5.51. The van der Waals surface area contributed by atoms with Crippen LogP contribution >= 0.6 is 23.2 Å². The summed E-state index contributed by atoms with van der Waals surface area (Å²) in [6.45, 7) is 8.97. The fourth-order valence-electron chi connectivity index (χ4n) is 1.85. The summed E-state index contributed by atoms with van der Waals surface area (Å²) in [6, 6.07) is 4.62. The normalized spacial score (nSPS) is 12.3. The minimum atomic E-state index is -0.637. The molecule has 0 aliphatic rings. The van der Waals surface area contributed by atoms with Crippen LogP contribution in [0.25, 0.3) is 10.9 Å². The predicted molar refractivity (Wildman–Crippen MR) is 86.3 cm³/mol. The van der Waals surface area contributed by atoms with E-state index >= 15 is 0 Å². The number of halogens is 2. The molecule has 1 aromatic heterocycles. The highest BCUT2D eigenvalue weighted by atomic mass is 35.5. The lowest BCUT2D eigenvalue weighted by Crippen LogP contribution is -2.24. The first-order valence-electron chi connectivity index (χ1n) is 6.36. The lowest BCUT2D eigenvalue weighted by molar-refractivity contribution is 0.475. The van der Waals surface area contributed by atoms with E-state index in [0.29, 0.717) is 10.9 Å². The average Bonchev–Trinajstić information content (AvgIpc) is 2.32. The monoisotopic (exact) mass is 327 g/mol. The van der Waals surface area contributed by atoms with Crippen LogP contribution in [0.3, 0.4) is 0 Å². The standard InChI is InChI=1S/C14H17Cl2N2OSi/c1-14(2,3)20(4)7-8-5-6-9-10(11(8)19)17-13(16)18-12(9)15/h5-6,19H,7H2,1-4H3. The van der Waals surface area contributed by atoms with Gasteiger partial charge in [0.15, 0.2) is 0 Å². The minimum absolute atomic E-state index is 0.0489. The summed E-state index contributed by atoms with van der Waals surface area (Å²) < 4.78 is 0. The first-order valence-corrected chi connectivity index (χ1v) is 9.33. The summed E-state index contributed by atoms with van der Waals surface area (Å²) in [5.74, 6) is 0.169. The number of hydrogen-bond donors (Lipinski definition) is 1. The fraction of sp³-hybridized carbons (Fsp3) is 0.429. The van der Waals surface area contributed by atoms with Crippen molar-refractivity contribution in [2.24, 2.45) is 0 Å². The summed E-state index contributed by atoms with van der Waals surface area (Å²) in [6.07, 6.45) is 0. The molecule has 0 spiro atoms. The third-order valence-corrected chi connectivity index (χ3v) is 7.52. The molecule has 1 aromatic carbocycles. The molecule has 0 bridgehead atoms. The van der Waals surface area contributed by atoms with Crippen LogP contribution in [0.4, 0.5) is 0 Å². The van der Waals surface area contributed by atoms with Gasteiger partial charge in [-0.15, -0.1) is 0 Å². The van der Waals surface area contributed by atoms with Crippen molar-refractivity contribution in [2.45, 2.75) is 38.4 Å². The molecular weight excluding hydrogens is 311 g/mol. The highest BCUT2D eigenvalue weighted by molar-refractivity contribution is 6.60. The van der Waals surface area contributed by atoms with Crippen LogP contribution < -0.4 is 0 Å². The third kappa shape index (κ3) is 3.08. The van der Waals surface area contributed by atoms with E-state index < -0.39 is 8.80 Å². The van der Waals surface area contributed by atoms with Gasteiger partial charge in [-0.3, -0.25) is 0 Å². The average molecular weight is 328 g/mol. The maximum atomic E-state index is 10.4. The largest absolute Gasteiger partial charge is 0.505 e. The van der Waals surface area contributed by atoms with E-state index in [2.05, 4.69) is 37.3 Å². The van der Waals surface area contributed by atoms with Crippen molar-refractivity contribution in [2.75, 3.05) is 0 Å². The second-order valence-electron chi connectivity index (χ2n) is 5.96. The Morgan fingerprint density at radius 1 is 1.20 bits per heavy atom. The zero-order chi connectivity index (χ0) is 15.1. The van der Waals surface area contributed by atoms with Crippen molar-refractivity contribution >= 4 is 42.9 Å². The lowest BCUT2D eigenvalue weighted by Gasteiger charge is -2.26. The summed E-state index contributed by atoms with van der Waals surface area (Å²) in [5, 5.41) is 11.6. The molecule has 1 N–H and O–H groups in total. The number of hydrogen-bond acceptors (Lipinski definition) is 3. The molecule has 20 heavy (non-hydrogen) atoms. The van der Waals surface area contributed by atoms with Gasteiger partial charge in [0.2, 0.25) is 5.28 Å². The van der Waals surface area contributed by atoms with E-state index in [1.807, 2.05) is 12.1 Å². The van der Waals surface area contributed by atoms with Gasteiger partial charge in [0.25, 0.3) is 0 Å². The molecule has 2 rings (SSSR count). The van der Waals surface area contributed by atoms with Gasteiger partial charge < -0.3 is 5.11 Å². The molecule has 0 saturated carbocycles. The van der Waals surface area contributed by atoms with E-state index in [1.54, 1.807) is 0 Å². The molecule has 0 amide bonds. The molecule has 6 heteroatoms. The zero-order valence-corrected chi connectivity index (χ0v) is 14.5. The molecule has 0 unspecified atom stereocenters. The predicted octanol–water partition coefficient (Wildman–Crippen LogP) is 4.65. The Bertz CT molecular complexity index is 656. The Labute approximate surface area is 130 Å². The van der Waals surface area contributed by atoms with Crippen LogP contribution in [-0.4, -0.2) is 23.9 Å². The Morgan fingerprint density at radius 2 is 1.85 bits per heavy atom. The van der Waals surface area contributed by atoms with Crippen molar-refractivity contribution in [1.82, 2.24) is 9.97 Å². The minimum Gasteiger partial charge on any atom is -0.505 e. The van der Waals surface area contributed by atoms with E-state index in [-0.39, 0.29) is 21.2 Å². The van der Waals surface area contributed by atoms with Gasteiger partial charge in [0, 0.05) is 5.39 Å². The highest BCUT2D eigenvalue weighted by Gasteiger charge is 2.24. The van der Waals surface area contributed by atoms with Crippen LogP contribution in [0.15, 0.2) is 12.1 Å². The Hall–Kier alpha value is -0.843. The Morgan fingerprint density at radius 3 is 2.45 bits per heavy atom. The Kier molecular flexibility index (Phi) is 4.28. The van der Waals surface area contributed by atoms with Crippen LogP contribution in [0.2, 0.25) is 22.0 Å². The maximum Gasteiger partial charge on any atom is 0.224 e. The van der Waals surface area contributed by atoms with Crippen molar-refractivity contribution in [3.63, 3.8) is 0 Å². The summed E-state index contributed by atoms with van der Waals surface area (Å²) in [5.41, 5.74) is 1.32. The molecule has 1 radical (unpaired) electrons.